The maximum Gasteiger partial charge on any atom is 0.161 e. The minimum Gasteiger partial charge on any atom is -0.396 e. The van der Waals surface area contributed by atoms with Crippen LogP contribution < -0.4 is 0 Å². The zero-order chi connectivity index (χ0) is 5.98. The topological polar surface area (TPSA) is 37.3 Å². The molecule has 0 heterocycles. The quantitative estimate of drug-likeness (QED) is 0.523. The predicted molar refractivity (Wildman–Crippen MR) is 29.3 cm³/mol. The number of allylic oxidation sites excluding steroid dienone is 2. The molecule has 0 amide bonds. The molecular formula is C6H8O2. The summed E-state index contributed by atoms with van der Waals surface area (Å²) in [5.74, 6) is -0.0671. The van der Waals surface area contributed by atoms with Crippen molar-refractivity contribution in [2.75, 3.05) is 6.61 Å². The first-order chi connectivity index (χ1) is 3.84. The monoisotopic (exact) mass is 112 g/mol. The second-order valence-electron chi connectivity index (χ2n) is 1.92. The van der Waals surface area contributed by atoms with E-state index in [0.29, 0.717) is 0 Å². The summed E-state index contributed by atoms with van der Waals surface area (Å²) in [6.07, 6.45) is 4.04. The molecule has 0 aliphatic heterocycles. The van der Waals surface area contributed by atoms with Crippen molar-refractivity contribution in [2.24, 2.45) is 5.92 Å². The SMILES string of the molecule is O=C1C=CCC1CO. The third-order valence-corrected chi connectivity index (χ3v) is 1.33. The van der Waals surface area contributed by atoms with Gasteiger partial charge >= 0.3 is 0 Å². The van der Waals surface area contributed by atoms with Crippen LogP contribution in [0, 0.1) is 5.92 Å². The second kappa shape index (κ2) is 2.09. The van der Waals surface area contributed by atoms with E-state index in [2.05, 4.69) is 0 Å². The summed E-state index contributed by atoms with van der Waals surface area (Å²) in [5.41, 5.74) is 0. The molecule has 44 valence electrons. The van der Waals surface area contributed by atoms with Crippen molar-refractivity contribution in [3.63, 3.8) is 0 Å². The van der Waals surface area contributed by atoms with Gasteiger partial charge in [-0.3, -0.25) is 4.79 Å². The smallest absolute Gasteiger partial charge is 0.161 e. The number of hydrogen-bond donors (Lipinski definition) is 1. The lowest BCUT2D eigenvalue weighted by molar-refractivity contribution is -0.118. The van der Waals surface area contributed by atoms with Crippen LogP contribution >= 0.6 is 0 Å². The van der Waals surface area contributed by atoms with Crippen LogP contribution in [0.15, 0.2) is 12.2 Å². The van der Waals surface area contributed by atoms with Gasteiger partial charge < -0.3 is 5.11 Å². The highest BCUT2D eigenvalue weighted by molar-refractivity contribution is 5.94. The van der Waals surface area contributed by atoms with Crippen LogP contribution in [0.3, 0.4) is 0 Å². The Bertz CT molecular complexity index is 126. The largest absolute Gasteiger partial charge is 0.396 e. The Morgan fingerprint density at radius 1 is 1.88 bits per heavy atom. The van der Waals surface area contributed by atoms with Gasteiger partial charge in [-0.2, -0.15) is 0 Å². The Labute approximate surface area is 47.8 Å². The Morgan fingerprint density at radius 3 is 2.88 bits per heavy atom. The van der Waals surface area contributed by atoms with E-state index in [1.54, 1.807) is 6.08 Å². The standard InChI is InChI=1S/C6H8O2/c7-4-5-2-1-3-6(5)8/h1,3,5,7H,2,4H2. The van der Waals surface area contributed by atoms with Crippen LogP contribution in [0.4, 0.5) is 0 Å². The van der Waals surface area contributed by atoms with Crippen LogP contribution in [0.1, 0.15) is 6.42 Å². The Morgan fingerprint density at radius 2 is 2.62 bits per heavy atom. The van der Waals surface area contributed by atoms with Crippen molar-refractivity contribution >= 4 is 5.78 Å². The normalized spacial score (nSPS) is 27.1. The molecule has 0 spiro atoms. The summed E-state index contributed by atoms with van der Waals surface area (Å²) in [6, 6.07) is 0. The van der Waals surface area contributed by atoms with Gasteiger partial charge in [0.1, 0.15) is 0 Å². The van der Waals surface area contributed by atoms with Crippen molar-refractivity contribution in [2.45, 2.75) is 6.42 Å². The highest BCUT2D eigenvalue weighted by Gasteiger charge is 2.17. The lowest BCUT2D eigenvalue weighted by Gasteiger charge is -1.98. The number of aliphatic hydroxyl groups is 1. The van der Waals surface area contributed by atoms with Gasteiger partial charge in [0.25, 0.3) is 0 Å². The number of hydrogen-bond acceptors (Lipinski definition) is 2. The van der Waals surface area contributed by atoms with Crippen LogP contribution in [-0.2, 0) is 4.79 Å². The number of aliphatic hydroxyl groups excluding tert-OH is 1. The molecule has 2 heteroatoms. The second-order valence-corrected chi connectivity index (χ2v) is 1.92. The average Bonchev–Trinajstić information content (AvgIpc) is 2.14. The Hall–Kier alpha value is -0.630. The van der Waals surface area contributed by atoms with E-state index >= 15 is 0 Å². The van der Waals surface area contributed by atoms with Crippen molar-refractivity contribution in [1.82, 2.24) is 0 Å². The molecule has 2 nitrogen and oxygen atoms in total. The van der Waals surface area contributed by atoms with E-state index in [1.165, 1.54) is 6.08 Å². The molecule has 1 N–H and O–H groups in total. The molecule has 0 aromatic heterocycles. The zero-order valence-electron chi connectivity index (χ0n) is 4.50. The molecule has 8 heavy (non-hydrogen) atoms. The molecule has 1 unspecified atom stereocenters. The van der Waals surface area contributed by atoms with Gasteiger partial charge in [0.05, 0.1) is 6.61 Å². The molecular weight excluding hydrogens is 104 g/mol. The molecule has 1 rings (SSSR count). The summed E-state index contributed by atoms with van der Waals surface area (Å²) in [5, 5.41) is 8.48. The van der Waals surface area contributed by atoms with Crippen molar-refractivity contribution in [3.05, 3.63) is 12.2 Å². The fourth-order valence-corrected chi connectivity index (χ4v) is 0.765. The van der Waals surface area contributed by atoms with Gasteiger partial charge in [0, 0.05) is 5.92 Å². The zero-order valence-corrected chi connectivity index (χ0v) is 4.50. The first-order valence-corrected chi connectivity index (χ1v) is 2.66. The molecule has 1 aliphatic rings. The number of carbonyl (C=O) groups excluding carboxylic acids is 1. The molecule has 0 saturated heterocycles. The van der Waals surface area contributed by atoms with Gasteiger partial charge in [-0.1, -0.05) is 6.08 Å². The summed E-state index contributed by atoms with van der Waals surface area (Å²) in [6.45, 7) is -0.00810. The van der Waals surface area contributed by atoms with E-state index in [0.717, 1.165) is 6.42 Å². The summed E-state index contributed by atoms with van der Waals surface area (Å²) >= 11 is 0. The van der Waals surface area contributed by atoms with Gasteiger partial charge in [0.2, 0.25) is 0 Å². The third-order valence-electron chi connectivity index (χ3n) is 1.33. The molecule has 0 saturated carbocycles. The third kappa shape index (κ3) is 0.793. The van der Waals surface area contributed by atoms with E-state index in [1.807, 2.05) is 0 Å². The predicted octanol–water partition coefficient (Wildman–Crippen LogP) is 0.124. The number of rotatable bonds is 1. The molecule has 0 aromatic carbocycles. The van der Waals surface area contributed by atoms with Gasteiger partial charge in [0.15, 0.2) is 5.78 Å². The maximum atomic E-state index is 10.6. The molecule has 0 radical (unpaired) electrons. The van der Waals surface area contributed by atoms with Crippen molar-refractivity contribution in [3.8, 4) is 0 Å². The molecule has 1 aliphatic carbocycles. The molecule has 0 fully saturated rings. The minimum atomic E-state index is -0.130. The lowest BCUT2D eigenvalue weighted by Crippen LogP contribution is -2.10. The molecule has 0 aromatic rings. The summed E-state index contributed by atoms with van der Waals surface area (Å²) in [7, 11) is 0. The van der Waals surface area contributed by atoms with Crippen LogP contribution in [-0.4, -0.2) is 17.5 Å². The Kier molecular flexibility index (Phi) is 1.44. The summed E-state index contributed by atoms with van der Waals surface area (Å²) < 4.78 is 0. The maximum absolute atomic E-state index is 10.6. The van der Waals surface area contributed by atoms with E-state index in [4.69, 9.17) is 5.11 Å². The Balaban J connectivity index is 2.51. The number of carbonyl (C=O) groups is 1. The van der Waals surface area contributed by atoms with Gasteiger partial charge in [-0.25, -0.2) is 0 Å². The van der Waals surface area contributed by atoms with Crippen LogP contribution in [0.25, 0.3) is 0 Å². The fourth-order valence-electron chi connectivity index (χ4n) is 0.765. The van der Waals surface area contributed by atoms with Crippen molar-refractivity contribution in [1.29, 1.82) is 0 Å². The molecule has 1 atom stereocenters. The highest BCUT2D eigenvalue weighted by Crippen LogP contribution is 2.12. The minimum absolute atomic E-state index is 0.00810. The first-order valence-electron chi connectivity index (χ1n) is 2.66. The van der Waals surface area contributed by atoms with Crippen LogP contribution in [0.2, 0.25) is 0 Å². The van der Waals surface area contributed by atoms with Crippen molar-refractivity contribution < 1.29 is 9.90 Å². The number of ketones is 1. The lowest BCUT2D eigenvalue weighted by atomic mass is 10.1. The molecule has 0 bridgehead atoms. The van der Waals surface area contributed by atoms with E-state index in [-0.39, 0.29) is 18.3 Å². The summed E-state index contributed by atoms with van der Waals surface area (Å²) in [4.78, 5) is 10.6. The van der Waals surface area contributed by atoms with Crippen LogP contribution in [0.5, 0.6) is 0 Å². The van der Waals surface area contributed by atoms with E-state index < -0.39 is 0 Å². The van der Waals surface area contributed by atoms with Gasteiger partial charge in [-0.05, 0) is 12.5 Å². The first kappa shape index (κ1) is 5.51. The highest BCUT2D eigenvalue weighted by atomic mass is 16.3. The fraction of sp³-hybridized carbons (Fsp3) is 0.500. The average molecular weight is 112 g/mol. The van der Waals surface area contributed by atoms with Gasteiger partial charge in [-0.15, -0.1) is 0 Å². The van der Waals surface area contributed by atoms with E-state index in [9.17, 15) is 4.79 Å².